The number of thioether (sulfide) groups is 1. The third-order valence-electron chi connectivity index (χ3n) is 3.39. The van der Waals surface area contributed by atoms with Crippen molar-refractivity contribution in [3.63, 3.8) is 0 Å². The van der Waals surface area contributed by atoms with Crippen molar-refractivity contribution in [2.24, 2.45) is 0 Å². The maximum atomic E-state index is 12.4. The van der Waals surface area contributed by atoms with Gasteiger partial charge in [-0.15, -0.1) is 0 Å². The van der Waals surface area contributed by atoms with Crippen LogP contribution in [0.15, 0.2) is 48.5 Å². The highest BCUT2D eigenvalue weighted by molar-refractivity contribution is 8.00. The van der Waals surface area contributed by atoms with E-state index in [1.165, 1.54) is 12.1 Å². The van der Waals surface area contributed by atoms with Crippen molar-refractivity contribution >= 4 is 29.3 Å². The molecule has 0 aliphatic carbocycles. The summed E-state index contributed by atoms with van der Waals surface area (Å²) in [6.07, 6.45) is 0. The predicted octanol–water partition coefficient (Wildman–Crippen LogP) is 4.12. The van der Waals surface area contributed by atoms with Crippen molar-refractivity contribution in [3.05, 3.63) is 65.2 Å². The molecule has 138 valence electrons. The topological polar surface area (TPSA) is 58.2 Å². The number of amides is 2. The number of hydrogen-bond acceptors (Lipinski definition) is 3. The van der Waals surface area contributed by atoms with Crippen LogP contribution in [0.1, 0.15) is 21.5 Å². The van der Waals surface area contributed by atoms with Gasteiger partial charge in [-0.2, -0.15) is 13.2 Å². The van der Waals surface area contributed by atoms with E-state index >= 15 is 0 Å². The Balaban J connectivity index is 1.99. The zero-order valence-electron chi connectivity index (χ0n) is 13.9. The summed E-state index contributed by atoms with van der Waals surface area (Å²) in [6, 6.07) is 13.8. The highest BCUT2D eigenvalue weighted by Gasteiger charge is 2.29. The molecule has 4 nitrogen and oxygen atoms in total. The molecule has 2 aromatic rings. The molecule has 2 amide bonds. The van der Waals surface area contributed by atoms with Gasteiger partial charge in [0, 0.05) is 6.54 Å². The number of rotatable bonds is 6. The zero-order chi connectivity index (χ0) is 19.2. The number of halogens is 3. The van der Waals surface area contributed by atoms with Crippen LogP contribution in [0, 0.1) is 6.92 Å². The third-order valence-corrected chi connectivity index (χ3v) is 4.12. The van der Waals surface area contributed by atoms with E-state index in [4.69, 9.17) is 0 Å². The molecule has 26 heavy (non-hydrogen) atoms. The maximum Gasteiger partial charge on any atom is 0.442 e. The summed E-state index contributed by atoms with van der Waals surface area (Å²) in [4.78, 5) is 24.0. The van der Waals surface area contributed by atoms with Gasteiger partial charge >= 0.3 is 5.51 Å². The first-order valence-corrected chi connectivity index (χ1v) is 8.66. The minimum Gasteiger partial charge on any atom is -0.348 e. The van der Waals surface area contributed by atoms with E-state index in [9.17, 15) is 22.8 Å². The van der Waals surface area contributed by atoms with E-state index in [2.05, 4.69) is 10.6 Å². The molecule has 0 saturated heterocycles. The highest BCUT2D eigenvalue weighted by Crippen LogP contribution is 2.30. The smallest absolute Gasteiger partial charge is 0.348 e. The number of anilines is 1. The first-order valence-electron chi connectivity index (χ1n) is 7.68. The number of aryl methyl sites for hydroxylation is 1. The van der Waals surface area contributed by atoms with Gasteiger partial charge in [-0.05, 0) is 36.4 Å². The van der Waals surface area contributed by atoms with Gasteiger partial charge in [0.25, 0.3) is 5.91 Å². The lowest BCUT2D eigenvalue weighted by Crippen LogP contribution is -2.25. The molecule has 0 atom stereocenters. The second-order valence-electron chi connectivity index (χ2n) is 5.50. The lowest BCUT2D eigenvalue weighted by atomic mass is 10.1. The van der Waals surface area contributed by atoms with E-state index in [0.717, 1.165) is 11.1 Å². The van der Waals surface area contributed by atoms with Crippen LogP contribution in [0.25, 0.3) is 0 Å². The first kappa shape index (κ1) is 19.8. The van der Waals surface area contributed by atoms with Crippen LogP contribution in [0.3, 0.4) is 0 Å². The monoisotopic (exact) mass is 382 g/mol. The van der Waals surface area contributed by atoms with Crippen molar-refractivity contribution in [3.8, 4) is 0 Å². The lowest BCUT2D eigenvalue weighted by Gasteiger charge is -2.12. The molecule has 0 aliphatic rings. The molecular formula is C18H17F3N2O2S. The average Bonchev–Trinajstić information content (AvgIpc) is 2.59. The number of nitrogens with one attached hydrogen (secondary N) is 2. The minimum atomic E-state index is -4.48. The Labute approximate surface area is 153 Å². The summed E-state index contributed by atoms with van der Waals surface area (Å²) in [5.41, 5.74) is -2.12. The Hall–Kier alpha value is -2.48. The summed E-state index contributed by atoms with van der Waals surface area (Å²) in [6.45, 7) is 2.25. The van der Waals surface area contributed by atoms with Crippen LogP contribution >= 0.6 is 11.8 Å². The summed E-state index contributed by atoms with van der Waals surface area (Å²) in [5, 5.41) is 5.08. The minimum absolute atomic E-state index is 0.168. The Morgan fingerprint density at radius 3 is 2.35 bits per heavy atom. The predicted molar refractivity (Wildman–Crippen MR) is 95.9 cm³/mol. The molecule has 8 heteroatoms. The quantitative estimate of drug-likeness (QED) is 0.790. The highest BCUT2D eigenvalue weighted by atomic mass is 32.2. The van der Waals surface area contributed by atoms with Crippen molar-refractivity contribution < 1.29 is 22.8 Å². The Morgan fingerprint density at radius 2 is 1.69 bits per heavy atom. The van der Waals surface area contributed by atoms with Gasteiger partial charge in [0.05, 0.1) is 17.0 Å². The molecule has 0 bridgehead atoms. The second kappa shape index (κ2) is 8.75. The maximum absolute atomic E-state index is 12.4. The molecule has 0 spiro atoms. The zero-order valence-corrected chi connectivity index (χ0v) is 14.7. The number of carbonyl (C=O) groups is 2. The van der Waals surface area contributed by atoms with E-state index in [0.29, 0.717) is 6.54 Å². The lowest BCUT2D eigenvalue weighted by molar-refractivity contribution is -0.114. The van der Waals surface area contributed by atoms with Gasteiger partial charge in [0.1, 0.15) is 0 Å². The van der Waals surface area contributed by atoms with Crippen molar-refractivity contribution in [1.29, 1.82) is 0 Å². The second-order valence-corrected chi connectivity index (χ2v) is 6.54. The summed E-state index contributed by atoms with van der Waals surface area (Å²) in [5.74, 6) is -2.03. The van der Waals surface area contributed by atoms with Gasteiger partial charge < -0.3 is 10.6 Å². The number of carbonyl (C=O) groups excluding carboxylic acids is 2. The van der Waals surface area contributed by atoms with E-state index in [1.807, 2.05) is 31.2 Å². The molecule has 2 N–H and O–H groups in total. The first-order chi connectivity index (χ1) is 12.2. The van der Waals surface area contributed by atoms with Gasteiger partial charge in [0.2, 0.25) is 5.91 Å². The number of para-hydroxylation sites is 1. The standard InChI is InChI=1S/C18H17F3N2O2S/c1-12-6-8-13(9-7-12)10-22-17(25)14-4-2-3-5-15(14)23-16(24)11-26-18(19,20)21/h2-9H,10-11H2,1H3,(H,22,25)(H,23,24). The van der Waals surface area contributed by atoms with Crippen LogP contribution in [-0.2, 0) is 11.3 Å². The Kier molecular flexibility index (Phi) is 6.68. The van der Waals surface area contributed by atoms with E-state index < -0.39 is 34.8 Å². The number of hydrogen-bond donors (Lipinski definition) is 2. The van der Waals surface area contributed by atoms with Crippen molar-refractivity contribution in [2.75, 3.05) is 11.1 Å². The Bertz CT molecular complexity index is 777. The molecule has 2 rings (SSSR count). The van der Waals surface area contributed by atoms with Crippen LogP contribution in [0.2, 0.25) is 0 Å². The average molecular weight is 382 g/mol. The van der Waals surface area contributed by atoms with Crippen LogP contribution in [0.5, 0.6) is 0 Å². The molecule has 0 aromatic heterocycles. The van der Waals surface area contributed by atoms with Crippen molar-refractivity contribution in [2.45, 2.75) is 19.0 Å². The summed E-state index contributed by atoms with van der Waals surface area (Å²) < 4.78 is 36.5. The molecule has 2 aromatic carbocycles. The fraction of sp³-hybridized carbons (Fsp3) is 0.222. The largest absolute Gasteiger partial charge is 0.442 e. The molecule has 0 unspecified atom stereocenters. The normalized spacial score (nSPS) is 11.1. The molecular weight excluding hydrogens is 365 g/mol. The van der Waals surface area contributed by atoms with Gasteiger partial charge in [-0.25, -0.2) is 0 Å². The Morgan fingerprint density at radius 1 is 1.04 bits per heavy atom. The summed E-state index contributed by atoms with van der Waals surface area (Å²) >= 11 is -0.429. The van der Waals surface area contributed by atoms with Crippen molar-refractivity contribution in [1.82, 2.24) is 5.32 Å². The fourth-order valence-electron chi connectivity index (χ4n) is 2.11. The molecule has 0 aliphatic heterocycles. The van der Waals surface area contributed by atoms with E-state index in [1.54, 1.807) is 12.1 Å². The number of alkyl halides is 3. The van der Waals surface area contributed by atoms with Crippen LogP contribution in [0.4, 0.5) is 18.9 Å². The van der Waals surface area contributed by atoms with Crippen LogP contribution in [-0.4, -0.2) is 23.1 Å². The van der Waals surface area contributed by atoms with Gasteiger partial charge in [0.15, 0.2) is 0 Å². The third kappa shape index (κ3) is 6.44. The SMILES string of the molecule is Cc1ccc(CNC(=O)c2ccccc2NC(=O)CSC(F)(F)F)cc1. The fourth-order valence-corrected chi connectivity index (χ4v) is 2.47. The summed E-state index contributed by atoms with van der Waals surface area (Å²) in [7, 11) is 0. The molecule has 0 heterocycles. The molecule has 0 fully saturated rings. The van der Waals surface area contributed by atoms with E-state index in [-0.39, 0.29) is 11.3 Å². The number of benzene rings is 2. The molecule has 0 saturated carbocycles. The van der Waals surface area contributed by atoms with Gasteiger partial charge in [-0.3, -0.25) is 9.59 Å². The van der Waals surface area contributed by atoms with Gasteiger partial charge in [-0.1, -0.05) is 42.0 Å². The van der Waals surface area contributed by atoms with Crippen LogP contribution < -0.4 is 10.6 Å². The molecule has 0 radical (unpaired) electrons.